The third-order valence-corrected chi connectivity index (χ3v) is 7.69. The molecular weight excluding hydrogens is 416 g/mol. The second-order valence-electron chi connectivity index (χ2n) is 9.44. The summed E-state index contributed by atoms with van der Waals surface area (Å²) in [6.45, 7) is 3.44. The fourth-order valence-corrected chi connectivity index (χ4v) is 5.71. The van der Waals surface area contributed by atoms with E-state index in [1.807, 2.05) is 10.7 Å². The number of carbonyl (C=O) groups is 1. The van der Waals surface area contributed by atoms with Crippen molar-refractivity contribution in [1.29, 1.82) is 0 Å². The van der Waals surface area contributed by atoms with Crippen LogP contribution in [0.5, 0.6) is 0 Å². The molecule has 1 unspecified atom stereocenters. The lowest BCUT2D eigenvalue weighted by atomic mass is 9.73. The zero-order valence-corrected chi connectivity index (χ0v) is 18.5. The molecule has 9 heteroatoms. The molecule has 2 aliphatic heterocycles. The zero-order chi connectivity index (χ0) is 22.6. The van der Waals surface area contributed by atoms with Gasteiger partial charge < -0.3 is 21.3 Å². The van der Waals surface area contributed by atoms with Crippen molar-refractivity contribution in [3.63, 3.8) is 0 Å². The highest BCUT2D eigenvalue weighted by Gasteiger charge is 2.46. The molecule has 170 valence electrons. The Morgan fingerprint density at radius 2 is 1.91 bits per heavy atom. The van der Waals surface area contributed by atoms with E-state index < -0.39 is 0 Å². The van der Waals surface area contributed by atoms with E-state index in [0.29, 0.717) is 19.6 Å². The van der Waals surface area contributed by atoms with E-state index >= 15 is 0 Å². The summed E-state index contributed by atoms with van der Waals surface area (Å²) in [5.41, 5.74) is 16.9. The lowest BCUT2D eigenvalue weighted by Crippen LogP contribution is -2.44. The molecular formula is C24H28N8O. The molecule has 33 heavy (non-hydrogen) atoms. The molecule has 1 atom stereocenters. The minimum Gasteiger partial charge on any atom is -0.382 e. The van der Waals surface area contributed by atoms with E-state index in [1.54, 1.807) is 17.3 Å². The first-order chi connectivity index (χ1) is 16.0. The first-order valence-corrected chi connectivity index (χ1v) is 11.5. The number of anilines is 2. The Morgan fingerprint density at radius 3 is 2.70 bits per heavy atom. The Bertz CT molecular complexity index is 1210. The van der Waals surface area contributed by atoms with Gasteiger partial charge in [-0.2, -0.15) is 5.10 Å². The molecule has 0 saturated carbocycles. The SMILES string of the molecule is Nc1nc(N2CCC3(CC2)Cc2ccccc2C3N)cnc1C(=O)N1CCn2nccc2C1. The van der Waals surface area contributed by atoms with Crippen molar-refractivity contribution in [3.8, 4) is 0 Å². The number of benzene rings is 1. The standard InChI is InChI=1S/C24H28N8O/c25-21-18-4-2-1-3-16(18)13-24(21)6-9-30(10-7-24)19-14-27-20(22(26)29-19)23(33)31-11-12-32-17(15-31)5-8-28-32/h1-5,8,14,21H,6-7,9-13,15,25H2,(H2,26,29). The number of nitrogens with two attached hydrogens (primary N) is 2. The van der Waals surface area contributed by atoms with E-state index in [1.165, 1.54) is 11.1 Å². The van der Waals surface area contributed by atoms with Crippen molar-refractivity contribution in [2.45, 2.75) is 38.4 Å². The summed E-state index contributed by atoms with van der Waals surface area (Å²) < 4.78 is 1.92. The van der Waals surface area contributed by atoms with Crippen molar-refractivity contribution in [1.82, 2.24) is 24.6 Å². The number of hydrogen-bond acceptors (Lipinski definition) is 7. The quantitative estimate of drug-likeness (QED) is 0.618. The predicted octanol–water partition coefficient (Wildman–Crippen LogP) is 1.75. The Labute approximate surface area is 192 Å². The molecule has 1 fully saturated rings. The maximum Gasteiger partial charge on any atom is 0.276 e. The first kappa shape index (κ1) is 20.2. The lowest BCUT2D eigenvalue weighted by Gasteiger charge is -2.42. The molecule has 4 heterocycles. The van der Waals surface area contributed by atoms with Crippen LogP contribution < -0.4 is 16.4 Å². The van der Waals surface area contributed by atoms with Crippen LogP contribution in [-0.2, 0) is 19.5 Å². The second kappa shape index (κ2) is 7.55. The fourth-order valence-electron chi connectivity index (χ4n) is 5.71. The number of nitrogen functional groups attached to an aromatic ring is 1. The summed E-state index contributed by atoms with van der Waals surface area (Å²) in [4.78, 5) is 26.0. The maximum atomic E-state index is 13.0. The van der Waals surface area contributed by atoms with Crippen LogP contribution in [0.3, 0.4) is 0 Å². The van der Waals surface area contributed by atoms with Crippen molar-refractivity contribution >= 4 is 17.5 Å². The minimum atomic E-state index is -0.189. The number of hydrogen-bond donors (Lipinski definition) is 2. The third kappa shape index (κ3) is 3.26. The van der Waals surface area contributed by atoms with Crippen LogP contribution in [-0.4, -0.2) is 50.2 Å². The van der Waals surface area contributed by atoms with Gasteiger partial charge in [0, 0.05) is 31.9 Å². The maximum absolute atomic E-state index is 13.0. The number of nitrogens with zero attached hydrogens (tertiary/aromatic N) is 6. The average molecular weight is 445 g/mol. The largest absolute Gasteiger partial charge is 0.382 e. The minimum absolute atomic E-state index is 0.0767. The fraction of sp³-hybridized carbons (Fsp3) is 0.417. The van der Waals surface area contributed by atoms with Crippen LogP contribution in [0.4, 0.5) is 11.6 Å². The Balaban J connectivity index is 1.15. The molecule has 9 nitrogen and oxygen atoms in total. The molecule has 1 spiro atoms. The summed E-state index contributed by atoms with van der Waals surface area (Å²) in [6.07, 6.45) is 6.46. The van der Waals surface area contributed by atoms with Crippen molar-refractivity contribution in [2.24, 2.45) is 11.1 Å². The summed E-state index contributed by atoms with van der Waals surface area (Å²) in [5, 5.41) is 4.26. The van der Waals surface area contributed by atoms with Crippen LogP contribution in [0, 0.1) is 5.41 Å². The Hall–Kier alpha value is -3.46. The van der Waals surface area contributed by atoms with Gasteiger partial charge in [-0.25, -0.2) is 9.97 Å². The molecule has 0 radical (unpaired) electrons. The van der Waals surface area contributed by atoms with Crippen molar-refractivity contribution in [3.05, 3.63) is 65.2 Å². The monoisotopic (exact) mass is 444 g/mol. The van der Waals surface area contributed by atoms with Gasteiger partial charge in [0.05, 0.1) is 25.0 Å². The van der Waals surface area contributed by atoms with Gasteiger partial charge in [0.15, 0.2) is 11.5 Å². The molecule has 1 aliphatic carbocycles. The van der Waals surface area contributed by atoms with Crippen LogP contribution in [0.15, 0.2) is 42.7 Å². The summed E-state index contributed by atoms with van der Waals surface area (Å²) in [6, 6.07) is 10.5. The van der Waals surface area contributed by atoms with Crippen LogP contribution in [0.1, 0.15) is 46.2 Å². The third-order valence-electron chi connectivity index (χ3n) is 7.69. The highest BCUT2D eigenvalue weighted by molar-refractivity contribution is 5.96. The number of aromatic nitrogens is 4. The van der Waals surface area contributed by atoms with Gasteiger partial charge >= 0.3 is 0 Å². The lowest BCUT2D eigenvalue weighted by molar-refractivity contribution is 0.0701. The molecule has 1 amide bonds. The van der Waals surface area contributed by atoms with Crippen molar-refractivity contribution < 1.29 is 4.79 Å². The highest BCUT2D eigenvalue weighted by atomic mass is 16.2. The van der Waals surface area contributed by atoms with E-state index in [-0.39, 0.29) is 28.9 Å². The van der Waals surface area contributed by atoms with Crippen LogP contribution >= 0.6 is 0 Å². The second-order valence-corrected chi connectivity index (χ2v) is 9.44. The van der Waals surface area contributed by atoms with Gasteiger partial charge in [0.1, 0.15) is 5.82 Å². The van der Waals surface area contributed by atoms with Gasteiger partial charge in [0.2, 0.25) is 0 Å². The number of piperidine rings is 1. The molecule has 4 N–H and O–H groups in total. The molecule has 3 aliphatic rings. The molecule has 0 bridgehead atoms. The van der Waals surface area contributed by atoms with Gasteiger partial charge in [-0.1, -0.05) is 24.3 Å². The smallest absolute Gasteiger partial charge is 0.276 e. The van der Waals surface area contributed by atoms with E-state index in [9.17, 15) is 4.79 Å². The van der Waals surface area contributed by atoms with Crippen LogP contribution in [0.25, 0.3) is 0 Å². The Kier molecular flexibility index (Phi) is 4.62. The number of fused-ring (bicyclic) bond motifs is 2. The van der Waals surface area contributed by atoms with E-state index in [2.05, 4.69) is 44.2 Å². The summed E-state index contributed by atoms with van der Waals surface area (Å²) >= 11 is 0. The number of amides is 1. The van der Waals surface area contributed by atoms with Gasteiger partial charge in [0.25, 0.3) is 5.91 Å². The van der Waals surface area contributed by atoms with Gasteiger partial charge in [-0.05, 0) is 41.9 Å². The summed E-state index contributed by atoms with van der Waals surface area (Å²) in [7, 11) is 0. The normalized spacial score (nSPS) is 21.2. The van der Waals surface area contributed by atoms with E-state index in [0.717, 1.165) is 43.9 Å². The van der Waals surface area contributed by atoms with E-state index in [4.69, 9.17) is 11.5 Å². The molecule has 2 aromatic heterocycles. The predicted molar refractivity (Wildman–Crippen MR) is 124 cm³/mol. The highest BCUT2D eigenvalue weighted by Crippen LogP contribution is 2.50. The number of carbonyl (C=O) groups excluding carboxylic acids is 1. The summed E-state index contributed by atoms with van der Waals surface area (Å²) in [5.74, 6) is 0.716. The molecule has 1 aromatic carbocycles. The average Bonchev–Trinajstić information content (AvgIpc) is 3.41. The Morgan fingerprint density at radius 1 is 1.09 bits per heavy atom. The van der Waals surface area contributed by atoms with Gasteiger partial charge in [-0.3, -0.25) is 9.48 Å². The van der Waals surface area contributed by atoms with Crippen LogP contribution in [0.2, 0.25) is 0 Å². The zero-order valence-electron chi connectivity index (χ0n) is 18.5. The molecule has 1 saturated heterocycles. The number of rotatable bonds is 2. The van der Waals surface area contributed by atoms with Gasteiger partial charge in [-0.15, -0.1) is 0 Å². The van der Waals surface area contributed by atoms with Crippen molar-refractivity contribution in [2.75, 3.05) is 30.3 Å². The first-order valence-electron chi connectivity index (χ1n) is 11.5. The topological polar surface area (TPSA) is 119 Å². The molecule has 3 aromatic rings. The molecule has 6 rings (SSSR count).